The number of rotatable bonds is 3. The molecule has 1 saturated heterocycles. The molecule has 2 aromatic rings. The van der Waals surface area contributed by atoms with Crippen molar-refractivity contribution in [3.05, 3.63) is 71.0 Å². The molecule has 120 valence electrons. The second kappa shape index (κ2) is 5.78. The quantitative estimate of drug-likeness (QED) is 0.883. The summed E-state index contributed by atoms with van der Waals surface area (Å²) >= 11 is 0. The Bertz CT molecular complexity index is 857. The minimum atomic E-state index is -1.21. The number of nitriles is 1. The number of imide groups is 1. The molecule has 3 amide bonds. The van der Waals surface area contributed by atoms with Gasteiger partial charge >= 0.3 is 6.03 Å². The second-order valence-electron chi connectivity index (χ2n) is 5.77. The van der Waals surface area contributed by atoms with E-state index in [0.717, 1.165) is 4.90 Å². The lowest BCUT2D eigenvalue weighted by Crippen LogP contribution is -2.40. The number of hydrogen-bond donors (Lipinski definition) is 1. The van der Waals surface area contributed by atoms with E-state index in [-0.39, 0.29) is 6.54 Å². The van der Waals surface area contributed by atoms with Crippen LogP contribution in [-0.2, 0) is 16.9 Å². The molecule has 1 aliphatic rings. The summed E-state index contributed by atoms with van der Waals surface area (Å²) in [5.41, 5.74) is 0.373. The van der Waals surface area contributed by atoms with Gasteiger partial charge in [0.2, 0.25) is 0 Å². The van der Waals surface area contributed by atoms with E-state index >= 15 is 0 Å². The Kier molecular flexibility index (Phi) is 3.78. The molecule has 0 aliphatic carbocycles. The summed E-state index contributed by atoms with van der Waals surface area (Å²) in [6.07, 6.45) is 0. The van der Waals surface area contributed by atoms with Gasteiger partial charge in [0, 0.05) is 0 Å². The first kappa shape index (κ1) is 15.7. The van der Waals surface area contributed by atoms with Crippen molar-refractivity contribution in [2.24, 2.45) is 0 Å². The maximum absolute atomic E-state index is 13.3. The van der Waals surface area contributed by atoms with Gasteiger partial charge in [0.15, 0.2) is 0 Å². The Hall–Kier alpha value is -3.20. The van der Waals surface area contributed by atoms with Crippen molar-refractivity contribution in [2.75, 3.05) is 0 Å². The molecule has 5 nitrogen and oxygen atoms in total. The van der Waals surface area contributed by atoms with Gasteiger partial charge in [-0.25, -0.2) is 9.18 Å². The minimum Gasteiger partial charge on any atom is -0.319 e. The van der Waals surface area contributed by atoms with E-state index in [0.29, 0.717) is 16.7 Å². The molecule has 24 heavy (non-hydrogen) atoms. The van der Waals surface area contributed by atoms with E-state index in [9.17, 15) is 14.0 Å². The molecular weight excluding hydrogens is 309 g/mol. The van der Waals surface area contributed by atoms with Gasteiger partial charge in [0.25, 0.3) is 5.91 Å². The summed E-state index contributed by atoms with van der Waals surface area (Å²) in [5.74, 6) is -0.837. The SMILES string of the molecule is CC1(c2ccc(C#N)cc2)NC(=O)N(Cc2cccc(F)c2)C1=O. The lowest BCUT2D eigenvalue weighted by Gasteiger charge is -2.22. The van der Waals surface area contributed by atoms with Crippen LogP contribution in [0.3, 0.4) is 0 Å². The van der Waals surface area contributed by atoms with Gasteiger partial charge in [-0.2, -0.15) is 5.26 Å². The molecule has 3 rings (SSSR count). The molecule has 6 heteroatoms. The van der Waals surface area contributed by atoms with Crippen molar-refractivity contribution in [1.82, 2.24) is 10.2 Å². The summed E-state index contributed by atoms with van der Waals surface area (Å²) in [6.45, 7) is 1.61. The fraction of sp³-hybridized carbons (Fsp3) is 0.167. The van der Waals surface area contributed by atoms with Crippen LogP contribution in [0.1, 0.15) is 23.6 Å². The minimum absolute atomic E-state index is 0.00566. The average molecular weight is 323 g/mol. The van der Waals surface area contributed by atoms with E-state index in [1.807, 2.05) is 6.07 Å². The third-order valence-electron chi connectivity index (χ3n) is 4.10. The third kappa shape index (κ3) is 2.61. The normalized spacial score (nSPS) is 20.0. The monoisotopic (exact) mass is 323 g/mol. The van der Waals surface area contributed by atoms with Crippen molar-refractivity contribution in [2.45, 2.75) is 19.0 Å². The maximum Gasteiger partial charge on any atom is 0.325 e. The van der Waals surface area contributed by atoms with Crippen molar-refractivity contribution >= 4 is 11.9 Å². The number of nitrogens with zero attached hydrogens (tertiary/aromatic N) is 2. The number of benzene rings is 2. The Balaban J connectivity index is 1.88. The van der Waals surface area contributed by atoms with Crippen molar-refractivity contribution < 1.29 is 14.0 Å². The van der Waals surface area contributed by atoms with E-state index in [1.54, 1.807) is 37.3 Å². The number of halogens is 1. The molecule has 1 fully saturated rings. The first-order valence-corrected chi connectivity index (χ1v) is 7.33. The van der Waals surface area contributed by atoms with Crippen LogP contribution in [0, 0.1) is 17.1 Å². The van der Waals surface area contributed by atoms with E-state index in [2.05, 4.69) is 5.32 Å². The zero-order valence-corrected chi connectivity index (χ0v) is 12.9. The largest absolute Gasteiger partial charge is 0.325 e. The van der Waals surface area contributed by atoms with Crippen LogP contribution in [0.25, 0.3) is 0 Å². The van der Waals surface area contributed by atoms with Gasteiger partial charge in [-0.1, -0.05) is 24.3 Å². The molecule has 1 atom stereocenters. The molecule has 1 unspecified atom stereocenters. The lowest BCUT2D eigenvalue weighted by molar-refractivity contribution is -0.131. The molecule has 2 aromatic carbocycles. The van der Waals surface area contributed by atoms with Crippen LogP contribution in [0.2, 0.25) is 0 Å². The molecule has 0 saturated carbocycles. The molecule has 0 bridgehead atoms. The first-order chi connectivity index (χ1) is 11.4. The number of hydrogen-bond acceptors (Lipinski definition) is 3. The summed E-state index contributed by atoms with van der Waals surface area (Å²) in [7, 11) is 0. The van der Waals surface area contributed by atoms with E-state index in [4.69, 9.17) is 5.26 Å². The van der Waals surface area contributed by atoms with Crippen LogP contribution in [0.5, 0.6) is 0 Å². The molecular formula is C18H14FN3O2. The third-order valence-corrected chi connectivity index (χ3v) is 4.10. The zero-order valence-electron chi connectivity index (χ0n) is 12.9. The maximum atomic E-state index is 13.3. The number of carbonyl (C=O) groups excluding carboxylic acids is 2. The summed E-state index contributed by atoms with van der Waals surface area (Å²) in [4.78, 5) is 26.1. The zero-order chi connectivity index (χ0) is 17.3. The fourth-order valence-corrected chi connectivity index (χ4v) is 2.73. The lowest BCUT2D eigenvalue weighted by atomic mass is 9.91. The van der Waals surface area contributed by atoms with Crippen LogP contribution in [0.4, 0.5) is 9.18 Å². The van der Waals surface area contributed by atoms with Crippen LogP contribution < -0.4 is 5.32 Å². The summed E-state index contributed by atoms with van der Waals surface area (Å²) in [6, 6.07) is 13.7. The average Bonchev–Trinajstić information content (AvgIpc) is 2.79. The van der Waals surface area contributed by atoms with E-state index in [1.165, 1.54) is 18.2 Å². The Morgan fingerprint density at radius 3 is 2.54 bits per heavy atom. The topological polar surface area (TPSA) is 73.2 Å². The highest BCUT2D eigenvalue weighted by Gasteiger charge is 2.48. The van der Waals surface area contributed by atoms with Gasteiger partial charge in [0.05, 0.1) is 18.2 Å². The summed E-state index contributed by atoms with van der Waals surface area (Å²) in [5, 5.41) is 11.5. The molecule has 0 spiro atoms. The molecule has 0 aromatic heterocycles. The van der Waals surface area contributed by atoms with Crippen molar-refractivity contribution in [3.63, 3.8) is 0 Å². The molecule has 1 N–H and O–H groups in total. The highest BCUT2D eigenvalue weighted by Crippen LogP contribution is 2.30. The molecule has 1 heterocycles. The Morgan fingerprint density at radius 2 is 1.92 bits per heavy atom. The highest BCUT2D eigenvalue weighted by molar-refractivity contribution is 6.07. The van der Waals surface area contributed by atoms with Gasteiger partial charge in [0.1, 0.15) is 11.4 Å². The van der Waals surface area contributed by atoms with Crippen molar-refractivity contribution in [3.8, 4) is 6.07 Å². The van der Waals surface area contributed by atoms with Gasteiger partial charge in [-0.15, -0.1) is 0 Å². The van der Waals surface area contributed by atoms with Crippen LogP contribution in [0.15, 0.2) is 48.5 Å². The number of amides is 3. The van der Waals surface area contributed by atoms with Gasteiger partial charge < -0.3 is 5.32 Å². The second-order valence-corrected chi connectivity index (χ2v) is 5.77. The first-order valence-electron chi connectivity index (χ1n) is 7.33. The van der Waals surface area contributed by atoms with Gasteiger partial charge in [-0.05, 0) is 42.3 Å². The number of nitrogens with one attached hydrogen (secondary N) is 1. The fourth-order valence-electron chi connectivity index (χ4n) is 2.73. The number of urea groups is 1. The molecule has 1 aliphatic heterocycles. The van der Waals surface area contributed by atoms with E-state index < -0.39 is 23.3 Å². The van der Waals surface area contributed by atoms with Gasteiger partial charge in [-0.3, -0.25) is 9.69 Å². The van der Waals surface area contributed by atoms with Crippen LogP contribution in [-0.4, -0.2) is 16.8 Å². The van der Waals surface area contributed by atoms with Crippen LogP contribution >= 0.6 is 0 Å². The van der Waals surface area contributed by atoms with Crippen molar-refractivity contribution in [1.29, 1.82) is 5.26 Å². The predicted molar refractivity (Wildman–Crippen MR) is 84.0 cm³/mol. The summed E-state index contributed by atoms with van der Waals surface area (Å²) < 4.78 is 13.3. The highest BCUT2D eigenvalue weighted by atomic mass is 19.1. The Labute approximate surface area is 138 Å². The Morgan fingerprint density at radius 1 is 1.21 bits per heavy atom. The number of carbonyl (C=O) groups is 2. The predicted octanol–water partition coefficient (Wildman–Crippen LogP) is 2.66. The standard InChI is InChI=1S/C18H14FN3O2/c1-18(14-7-5-12(10-20)6-8-14)16(23)22(17(24)21-18)11-13-3-2-4-15(19)9-13/h2-9H,11H2,1H3,(H,21,24). The molecule has 0 radical (unpaired) electrons. The smallest absolute Gasteiger partial charge is 0.319 e.